The number of nitriles is 1. The van der Waals surface area contributed by atoms with Crippen molar-refractivity contribution in [3.05, 3.63) is 107 Å². The van der Waals surface area contributed by atoms with Gasteiger partial charge < -0.3 is 5.32 Å². The zero-order valence-corrected chi connectivity index (χ0v) is 22.9. The number of carbonyl (C=O) groups excluding carboxylic acids is 1. The van der Waals surface area contributed by atoms with Crippen LogP contribution < -0.4 is 5.32 Å². The fourth-order valence-electron chi connectivity index (χ4n) is 5.87. The lowest BCUT2D eigenvalue weighted by Crippen LogP contribution is -2.36. The van der Waals surface area contributed by atoms with E-state index < -0.39 is 23.7 Å². The number of fused-ring (bicyclic) bond motifs is 1. The molecule has 8 heteroatoms. The van der Waals surface area contributed by atoms with Crippen LogP contribution in [0.1, 0.15) is 78.7 Å². The molecule has 210 valence electrons. The largest absolute Gasteiger partial charge is 0.410 e. The lowest BCUT2D eigenvalue weighted by atomic mass is 9.71. The second-order valence-corrected chi connectivity index (χ2v) is 10.6. The van der Waals surface area contributed by atoms with Gasteiger partial charge in [-0.3, -0.25) is 4.79 Å². The van der Waals surface area contributed by atoms with E-state index in [4.69, 9.17) is 0 Å². The van der Waals surface area contributed by atoms with E-state index in [0.717, 1.165) is 26.9 Å². The number of hydrogen-bond acceptors (Lipinski definition) is 4. The molecule has 0 saturated heterocycles. The third-order valence-electron chi connectivity index (χ3n) is 8.42. The number of Topliss-reactive ketones (excluding diaryl/α,β-unsaturated/α-hetero) is 1. The second-order valence-electron chi connectivity index (χ2n) is 10.6. The Morgan fingerprint density at radius 1 is 1.00 bits per heavy atom. The number of hydrogen-bond donors (Lipinski definition) is 1. The van der Waals surface area contributed by atoms with Gasteiger partial charge in [-0.25, -0.2) is 4.68 Å². The van der Waals surface area contributed by atoms with E-state index >= 15 is 0 Å². The van der Waals surface area contributed by atoms with E-state index in [2.05, 4.69) is 16.5 Å². The summed E-state index contributed by atoms with van der Waals surface area (Å²) in [4.78, 5) is 13.8. The van der Waals surface area contributed by atoms with Crippen molar-refractivity contribution in [2.45, 2.75) is 63.2 Å². The van der Waals surface area contributed by atoms with Crippen molar-refractivity contribution in [2.24, 2.45) is 0 Å². The molecule has 5 nitrogen and oxygen atoms in total. The van der Waals surface area contributed by atoms with Gasteiger partial charge in [-0.1, -0.05) is 80.6 Å². The average molecular weight is 557 g/mol. The minimum Gasteiger partial charge on any atom is -0.363 e. The molecule has 0 amide bonds. The van der Waals surface area contributed by atoms with Gasteiger partial charge in [0.15, 0.2) is 11.8 Å². The summed E-state index contributed by atoms with van der Waals surface area (Å²) in [6.45, 7) is 4.05. The van der Waals surface area contributed by atoms with Crippen LogP contribution in [0.15, 0.2) is 85.1 Å². The summed E-state index contributed by atoms with van der Waals surface area (Å²) in [7, 11) is 0. The number of nitrogens with zero attached hydrogens (tertiary/aromatic N) is 3. The first-order valence-electron chi connectivity index (χ1n) is 13.8. The Morgan fingerprint density at radius 3 is 2.34 bits per heavy atom. The first-order valence-corrected chi connectivity index (χ1v) is 13.8. The van der Waals surface area contributed by atoms with Crippen molar-refractivity contribution >= 4 is 11.6 Å². The second kappa shape index (κ2) is 11.2. The molecule has 3 aromatic carbocycles. The Hall–Kier alpha value is -4.38. The summed E-state index contributed by atoms with van der Waals surface area (Å²) in [5, 5.41) is 16.5. The van der Waals surface area contributed by atoms with E-state index in [0.29, 0.717) is 18.4 Å². The molecular formula is C33H31F3N4O. The highest BCUT2D eigenvalue weighted by molar-refractivity contribution is 6.01. The molecule has 1 N–H and O–H groups in total. The molecule has 2 unspecified atom stereocenters. The third-order valence-corrected chi connectivity index (χ3v) is 8.42. The summed E-state index contributed by atoms with van der Waals surface area (Å²) in [6, 6.07) is 24.1. The quantitative estimate of drug-likeness (QED) is 0.221. The number of aromatic nitrogens is 2. The topological polar surface area (TPSA) is 70.7 Å². The fraction of sp³-hybridized carbons (Fsp3) is 0.303. The van der Waals surface area contributed by atoms with Crippen LogP contribution in [0.4, 0.5) is 19.0 Å². The van der Waals surface area contributed by atoms with Gasteiger partial charge in [0.2, 0.25) is 0 Å². The highest BCUT2D eigenvalue weighted by Gasteiger charge is 2.47. The van der Waals surface area contributed by atoms with Crippen molar-refractivity contribution in [2.75, 3.05) is 5.32 Å². The van der Waals surface area contributed by atoms with Crippen LogP contribution in [0.5, 0.6) is 0 Å². The smallest absolute Gasteiger partial charge is 0.363 e. The number of alkyl halides is 3. The average Bonchev–Trinajstić information content (AvgIpc) is 3.44. The van der Waals surface area contributed by atoms with Crippen LogP contribution in [0.25, 0.3) is 11.1 Å². The monoisotopic (exact) mass is 556 g/mol. The fourth-order valence-corrected chi connectivity index (χ4v) is 5.87. The van der Waals surface area contributed by atoms with Gasteiger partial charge in [-0.05, 0) is 47.2 Å². The molecular weight excluding hydrogens is 525 g/mol. The van der Waals surface area contributed by atoms with Gasteiger partial charge >= 0.3 is 6.18 Å². The maximum absolute atomic E-state index is 14.1. The molecule has 2 atom stereocenters. The van der Waals surface area contributed by atoms with Crippen molar-refractivity contribution in [3.8, 4) is 17.2 Å². The lowest BCUT2D eigenvalue weighted by Gasteiger charge is -2.35. The van der Waals surface area contributed by atoms with E-state index in [1.165, 1.54) is 6.20 Å². The number of halogens is 3. The van der Waals surface area contributed by atoms with Gasteiger partial charge in [0, 0.05) is 18.3 Å². The Labute approximate surface area is 237 Å². The number of nitrogens with one attached hydrogen (secondary N) is 1. The summed E-state index contributed by atoms with van der Waals surface area (Å²) < 4.78 is 43.3. The van der Waals surface area contributed by atoms with Crippen molar-refractivity contribution in [3.63, 3.8) is 0 Å². The Kier molecular flexibility index (Phi) is 7.72. The van der Waals surface area contributed by atoms with Gasteiger partial charge in [-0.2, -0.15) is 23.5 Å². The van der Waals surface area contributed by atoms with Crippen molar-refractivity contribution < 1.29 is 18.0 Å². The zero-order chi connectivity index (χ0) is 29.2. The number of ketones is 1. The molecule has 5 rings (SSSR count). The number of carbonyl (C=O) groups is 1. The summed E-state index contributed by atoms with van der Waals surface area (Å²) >= 11 is 0. The molecule has 1 aliphatic heterocycles. The van der Waals surface area contributed by atoms with Gasteiger partial charge in [0.25, 0.3) is 0 Å². The molecule has 41 heavy (non-hydrogen) atoms. The predicted molar refractivity (Wildman–Crippen MR) is 153 cm³/mol. The molecule has 0 radical (unpaired) electrons. The summed E-state index contributed by atoms with van der Waals surface area (Å²) in [5.41, 5.74) is 3.85. The minimum absolute atomic E-state index is 0.117. The Bertz CT molecular complexity index is 1560. The minimum atomic E-state index is -4.51. The van der Waals surface area contributed by atoms with Crippen molar-refractivity contribution in [1.29, 1.82) is 5.26 Å². The normalized spacial score (nSPS) is 16.9. The molecule has 0 aliphatic carbocycles. The molecule has 1 aromatic heterocycles. The molecule has 1 aliphatic rings. The summed E-state index contributed by atoms with van der Waals surface area (Å²) in [6.07, 6.45) is -1.97. The highest BCUT2D eigenvalue weighted by Crippen LogP contribution is 2.45. The number of anilines is 1. The van der Waals surface area contributed by atoms with E-state index in [1.807, 2.05) is 62.4 Å². The first kappa shape index (κ1) is 28.2. The predicted octanol–water partition coefficient (Wildman–Crippen LogP) is 8.41. The van der Waals surface area contributed by atoms with Gasteiger partial charge in [0.1, 0.15) is 5.82 Å². The molecule has 2 heterocycles. The van der Waals surface area contributed by atoms with Crippen molar-refractivity contribution in [1.82, 2.24) is 9.78 Å². The van der Waals surface area contributed by atoms with E-state index in [-0.39, 0.29) is 30.0 Å². The van der Waals surface area contributed by atoms with Crippen LogP contribution >= 0.6 is 0 Å². The lowest BCUT2D eigenvalue weighted by molar-refractivity contribution is -0.173. The molecule has 0 spiro atoms. The maximum atomic E-state index is 14.1. The van der Waals surface area contributed by atoms with Gasteiger partial charge in [0.05, 0.1) is 29.4 Å². The zero-order valence-electron chi connectivity index (χ0n) is 22.9. The number of benzene rings is 3. The SMILES string of the molecule is CCC(CC)(CC(=O)c1cnn2c1NC(c1ccccc1)CC2C(F)(F)F)c1ccc(-c2cccc(C#N)c2)cc1. The molecule has 0 fully saturated rings. The van der Waals surface area contributed by atoms with Crippen LogP contribution in [0.3, 0.4) is 0 Å². The van der Waals surface area contributed by atoms with Crippen LogP contribution in [-0.4, -0.2) is 21.7 Å². The van der Waals surface area contributed by atoms with Crippen LogP contribution in [-0.2, 0) is 5.41 Å². The number of rotatable bonds is 8. The highest BCUT2D eigenvalue weighted by atomic mass is 19.4. The maximum Gasteiger partial charge on any atom is 0.410 e. The molecule has 0 saturated carbocycles. The Balaban J connectivity index is 1.45. The molecule has 0 bridgehead atoms. The Morgan fingerprint density at radius 2 is 1.71 bits per heavy atom. The van der Waals surface area contributed by atoms with Gasteiger partial charge in [-0.15, -0.1) is 0 Å². The third kappa shape index (κ3) is 5.49. The van der Waals surface area contributed by atoms with E-state index in [9.17, 15) is 23.2 Å². The van der Waals surface area contributed by atoms with Crippen LogP contribution in [0.2, 0.25) is 0 Å². The molecule has 4 aromatic rings. The summed E-state index contributed by atoms with van der Waals surface area (Å²) in [5.74, 6) is -0.130. The van der Waals surface area contributed by atoms with E-state index in [1.54, 1.807) is 30.3 Å². The standard InChI is InChI=1S/C33H31F3N4O/c1-3-32(4-2,26-15-13-23(14-16-26)25-12-8-9-22(17-25)20-37)19-29(41)27-21-38-40-30(33(34,35)36)18-28(39-31(27)40)24-10-6-5-7-11-24/h5-17,21,28,30,39H,3-4,18-19H2,1-2H3. The van der Waals surface area contributed by atoms with Crippen LogP contribution in [0, 0.1) is 11.3 Å². The first-order chi connectivity index (χ1) is 19.7.